The van der Waals surface area contributed by atoms with E-state index in [2.05, 4.69) is 34.0 Å². The van der Waals surface area contributed by atoms with Gasteiger partial charge in [0, 0.05) is 18.9 Å². The Morgan fingerprint density at radius 2 is 2.14 bits per heavy atom. The molecule has 0 unspecified atom stereocenters. The van der Waals surface area contributed by atoms with Crippen LogP contribution in [-0.4, -0.2) is 42.1 Å². The average Bonchev–Trinajstić information content (AvgIpc) is 2.94. The van der Waals surface area contributed by atoms with Crippen molar-refractivity contribution in [2.75, 3.05) is 6.54 Å². The van der Waals surface area contributed by atoms with E-state index in [4.69, 9.17) is 0 Å². The molecule has 3 heterocycles. The molecular weight excluding hydrogens is 280 g/mol. The predicted octanol–water partition coefficient (Wildman–Crippen LogP) is 1.68. The highest BCUT2D eigenvalue weighted by molar-refractivity contribution is 5.82. The molecule has 0 aromatic carbocycles. The first-order valence-electron chi connectivity index (χ1n) is 7.60. The summed E-state index contributed by atoms with van der Waals surface area (Å²) in [6.45, 7) is 7.40. The Hall–Kier alpha value is -2.31. The summed E-state index contributed by atoms with van der Waals surface area (Å²) < 4.78 is 1.94. The van der Waals surface area contributed by atoms with Crippen LogP contribution in [0.15, 0.2) is 18.6 Å². The average molecular weight is 300 g/mol. The van der Waals surface area contributed by atoms with E-state index in [1.165, 1.54) is 0 Å². The molecule has 0 fully saturated rings. The number of hydrogen-bond donors (Lipinski definition) is 0. The number of nitrogens with zero attached hydrogens (tertiary/aromatic N) is 6. The molecule has 1 atom stereocenters. The highest BCUT2D eigenvalue weighted by atomic mass is 16.2. The standard InChI is InChI=1S/C15H20N6O/c1-4-20-9-13-18-19-14(11-8-16-5-6-17-11)21(13)12(15(20)22)7-10(2)3/h5-6,8,10,12H,4,7,9H2,1-3H3/t12-/m0/s1. The summed E-state index contributed by atoms with van der Waals surface area (Å²) in [6.07, 6.45) is 5.65. The number of likely N-dealkylation sites (N-methyl/N-ethyl adjacent to an activating group) is 1. The molecule has 1 amide bonds. The van der Waals surface area contributed by atoms with Crippen LogP contribution in [0.25, 0.3) is 11.5 Å². The van der Waals surface area contributed by atoms with Crippen LogP contribution >= 0.6 is 0 Å². The minimum absolute atomic E-state index is 0.133. The van der Waals surface area contributed by atoms with Gasteiger partial charge < -0.3 is 4.90 Å². The second-order valence-corrected chi connectivity index (χ2v) is 5.90. The lowest BCUT2D eigenvalue weighted by Gasteiger charge is -2.33. The summed E-state index contributed by atoms with van der Waals surface area (Å²) in [7, 11) is 0. The summed E-state index contributed by atoms with van der Waals surface area (Å²) in [5.41, 5.74) is 0.646. The fourth-order valence-corrected chi connectivity index (χ4v) is 2.84. The molecule has 0 saturated heterocycles. The topological polar surface area (TPSA) is 76.8 Å². The van der Waals surface area contributed by atoms with Gasteiger partial charge in [-0.15, -0.1) is 10.2 Å². The van der Waals surface area contributed by atoms with Gasteiger partial charge in [-0.2, -0.15) is 0 Å². The monoisotopic (exact) mass is 300 g/mol. The molecule has 7 heteroatoms. The molecule has 0 N–H and O–H groups in total. The molecule has 1 aliphatic heterocycles. The van der Waals surface area contributed by atoms with Crippen molar-refractivity contribution in [3.63, 3.8) is 0 Å². The minimum Gasteiger partial charge on any atom is -0.334 e. The summed E-state index contributed by atoms with van der Waals surface area (Å²) in [5.74, 6) is 1.97. The first-order valence-corrected chi connectivity index (χ1v) is 7.60. The molecule has 1 aliphatic rings. The van der Waals surface area contributed by atoms with Crippen molar-refractivity contribution in [1.82, 2.24) is 29.6 Å². The summed E-state index contributed by atoms with van der Waals surface area (Å²) in [4.78, 5) is 23.0. The van der Waals surface area contributed by atoms with E-state index < -0.39 is 0 Å². The third-order valence-electron chi connectivity index (χ3n) is 3.88. The Morgan fingerprint density at radius 3 is 2.77 bits per heavy atom. The van der Waals surface area contributed by atoms with Gasteiger partial charge in [-0.1, -0.05) is 13.8 Å². The van der Waals surface area contributed by atoms with E-state index in [0.717, 1.165) is 12.2 Å². The molecule has 3 rings (SSSR count). The smallest absolute Gasteiger partial charge is 0.246 e. The van der Waals surface area contributed by atoms with Gasteiger partial charge in [0.25, 0.3) is 0 Å². The van der Waals surface area contributed by atoms with Crippen molar-refractivity contribution >= 4 is 5.91 Å². The number of aromatic nitrogens is 5. The van der Waals surface area contributed by atoms with Crippen molar-refractivity contribution in [2.45, 2.75) is 39.8 Å². The molecule has 0 aliphatic carbocycles. The van der Waals surface area contributed by atoms with Gasteiger partial charge in [0.1, 0.15) is 11.7 Å². The lowest BCUT2D eigenvalue weighted by Crippen LogP contribution is -2.43. The summed E-state index contributed by atoms with van der Waals surface area (Å²) >= 11 is 0. The van der Waals surface area contributed by atoms with Gasteiger partial charge in [0.2, 0.25) is 5.91 Å². The van der Waals surface area contributed by atoms with Gasteiger partial charge >= 0.3 is 0 Å². The third kappa shape index (κ3) is 2.47. The third-order valence-corrected chi connectivity index (χ3v) is 3.88. The fourth-order valence-electron chi connectivity index (χ4n) is 2.84. The lowest BCUT2D eigenvalue weighted by molar-refractivity contribution is -0.137. The maximum Gasteiger partial charge on any atom is 0.246 e. The van der Waals surface area contributed by atoms with E-state index in [1.54, 1.807) is 18.6 Å². The Balaban J connectivity index is 2.09. The highest BCUT2D eigenvalue weighted by Crippen LogP contribution is 2.31. The van der Waals surface area contributed by atoms with Crippen LogP contribution in [-0.2, 0) is 11.3 Å². The Bertz CT molecular complexity index is 666. The Kier molecular flexibility index (Phi) is 3.87. The molecule has 0 saturated carbocycles. The molecule has 0 bridgehead atoms. The number of fused-ring (bicyclic) bond motifs is 1. The normalized spacial score (nSPS) is 17.9. The van der Waals surface area contributed by atoms with Crippen LogP contribution in [0.5, 0.6) is 0 Å². The van der Waals surface area contributed by atoms with Crippen molar-refractivity contribution in [3.8, 4) is 11.5 Å². The van der Waals surface area contributed by atoms with Crippen molar-refractivity contribution in [2.24, 2.45) is 5.92 Å². The number of amides is 1. The van der Waals surface area contributed by atoms with Crippen molar-refractivity contribution in [1.29, 1.82) is 0 Å². The Morgan fingerprint density at radius 1 is 1.32 bits per heavy atom. The summed E-state index contributed by atoms with van der Waals surface area (Å²) in [5, 5.41) is 8.53. The largest absolute Gasteiger partial charge is 0.334 e. The second kappa shape index (κ2) is 5.82. The molecule has 0 spiro atoms. The SMILES string of the molecule is CCN1Cc2nnc(-c3cnccn3)n2[C@@H](CC(C)C)C1=O. The number of carbonyl (C=O) groups excluding carboxylic acids is 1. The van der Waals surface area contributed by atoms with Gasteiger partial charge in [-0.05, 0) is 19.3 Å². The summed E-state index contributed by atoms with van der Waals surface area (Å²) in [6, 6.07) is -0.268. The number of carbonyl (C=O) groups is 1. The van der Waals surface area contributed by atoms with Gasteiger partial charge in [-0.3, -0.25) is 14.3 Å². The predicted molar refractivity (Wildman–Crippen MR) is 80.6 cm³/mol. The van der Waals surface area contributed by atoms with Gasteiger partial charge in [0.15, 0.2) is 11.6 Å². The number of rotatable bonds is 4. The van der Waals surface area contributed by atoms with Crippen molar-refractivity contribution < 1.29 is 4.79 Å². The quantitative estimate of drug-likeness (QED) is 0.858. The van der Waals surface area contributed by atoms with E-state index in [-0.39, 0.29) is 11.9 Å². The van der Waals surface area contributed by atoms with E-state index in [0.29, 0.717) is 30.5 Å². The van der Waals surface area contributed by atoms with Crippen LogP contribution < -0.4 is 0 Å². The second-order valence-electron chi connectivity index (χ2n) is 5.90. The first kappa shape index (κ1) is 14.6. The van der Waals surface area contributed by atoms with E-state index in [9.17, 15) is 4.79 Å². The van der Waals surface area contributed by atoms with Gasteiger partial charge in [0.05, 0.1) is 12.7 Å². The molecule has 2 aromatic rings. The molecule has 0 radical (unpaired) electrons. The van der Waals surface area contributed by atoms with Crippen LogP contribution in [0.3, 0.4) is 0 Å². The van der Waals surface area contributed by atoms with Gasteiger partial charge in [-0.25, -0.2) is 4.98 Å². The van der Waals surface area contributed by atoms with Crippen LogP contribution in [0, 0.1) is 5.92 Å². The minimum atomic E-state index is -0.268. The van der Waals surface area contributed by atoms with E-state index >= 15 is 0 Å². The molecule has 2 aromatic heterocycles. The maximum atomic E-state index is 12.7. The zero-order valence-corrected chi connectivity index (χ0v) is 13.1. The molecule has 116 valence electrons. The molecule has 22 heavy (non-hydrogen) atoms. The molecular formula is C15H20N6O. The zero-order chi connectivity index (χ0) is 15.7. The molecule has 7 nitrogen and oxygen atoms in total. The van der Waals surface area contributed by atoms with Crippen LogP contribution in [0.4, 0.5) is 0 Å². The van der Waals surface area contributed by atoms with Crippen LogP contribution in [0.1, 0.15) is 39.1 Å². The maximum absolute atomic E-state index is 12.7. The number of hydrogen-bond acceptors (Lipinski definition) is 5. The first-order chi connectivity index (χ1) is 10.6. The Labute approximate surface area is 129 Å². The van der Waals surface area contributed by atoms with Crippen LogP contribution in [0.2, 0.25) is 0 Å². The fraction of sp³-hybridized carbons (Fsp3) is 0.533. The highest BCUT2D eigenvalue weighted by Gasteiger charge is 2.36. The zero-order valence-electron chi connectivity index (χ0n) is 13.1. The van der Waals surface area contributed by atoms with Crippen molar-refractivity contribution in [3.05, 3.63) is 24.4 Å². The lowest BCUT2D eigenvalue weighted by atomic mass is 10.0. The van der Waals surface area contributed by atoms with E-state index in [1.807, 2.05) is 16.4 Å².